The number of thioether (sulfide) groups is 1. The van der Waals surface area contributed by atoms with Gasteiger partial charge in [0.15, 0.2) is 0 Å². The minimum absolute atomic E-state index is 0.0457. The molecule has 3 rings (SSSR count). The third-order valence-corrected chi connectivity index (χ3v) is 6.25. The standard InChI is InChI=1S/C21H20N2O3S2/c22-28(25,26)19-13-11-16(12-14-19)15-23-21(24)20(17-7-3-1-4-8-17)27-18-9-5-2-6-10-18/h1-14,20H,15H2,(H,23,24)(H2,22,25,26). The maximum atomic E-state index is 12.9. The Balaban J connectivity index is 1.72. The summed E-state index contributed by atoms with van der Waals surface area (Å²) in [5.74, 6) is -0.115. The Morgan fingerprint density at radius 1 is 0.893 bits per heavy atom. The molecule has 0 aliphatic rings. The number of sulfonamides is 1. The van der Waals surface area contributed by atoms with Crippen molar-refractivity contribution in [3.63, 3.8) is 0 Å². The minimum atomic E-state index is -3.73. The summed E-state index contributed by atoms with van der Waals surface area (Å²) in [6, 6.07) is 25.5. The Morgan fingerprint density at radius 3 is 2.04 bits per heavy atom. The van der Waals surface area contributed by atoms with Gasteiger partial charge in [0.05, 0.1) is 4.90 Å². The van der Waals surface area contributed by atoms with Crippen LogP contribution < -0.4 is 10.5 Å². The Labute approximate surface area is 169 Å². The molecule has 3 aromatic rings. The molecule has 0 heterocycles. The van der Waals surface area contributed by atoms with Crippen LogP contribution in [0, 0.1) is 0 Å². The molecule has 5 nitrogen and oxygen atoms in total. The molecule has 0 aromatic heterocycles. The summed E-state index contributed by atoms with van der Waals surface area (Å²) in [5, 5.41) is 7.65. The quantitative estimate of drug-likeness (QED) is 0.582. The molecule has 1 amide bonds. The van der Waals surface area contributed by atoms with Gasteiger partial charge in [0.2, 0.25) is 15.9 Å². The van der Waals surface area contributed by atoms with Crippen LogP contribution in [0.1, 0.15) is 16.4 Å². The lowest BCUT2D eigenvalue weighted by atomic mass is 10.1. The summed E-state index contributed by atoms with van der Waals surface area (Å²) < 4.78 is 22.7. The number of carbonyl (C=O) groups excluding carboxylic acids is 1. The third-order valence-electron chi connectivity index (χ3n) is 4.06. The van der Waals surface area contributed by atoms with Gasteiger partial charge in [-0.25, -0.2) is 13.6 Å². The molecule has 0 saturated carbocycles. The van der Waals surface area contributed by atoms with Crippen molar-refractivity contribution in [1.29, 1.82) is 0 Å². The van der Waals surface area contributed by atoms with Crippen molar-refractivity contribution in [3.05, 3.63) is 96.1 Å². The summed E-state index contributed by atoms with van der Waals surface area (Å²) in [6.07, 6.45) is 0. The molecule has 28 heavy (non-hydrogen) atoms. The molecule has 0 spiro atoms. The summed E-state index contributed by atoms with van der Waals surface area (Å²) in [5.41, 5.74) is 1.70. The fraction of sp³-hybridized carbons (Fsp3) is 0.0952. The lowest BCUT2D eigenvalue weighted by molar-refractivity contribution is -0.120. The van der Waals surface area contributed by atoms with Crippen LogP contribution in [-0.2, 0) is 21.4 Å². The van der Waals surface area contributed by atoms with E-state index in [1.807, 2.05) is 60.7 Å². The van der Waals surface area contributed by atoms with Gasteiger partial charge >= 0.3 is 0 Å². The van der Waals surface area contributed by atoms with E-state index in [0.717, 1.165) is 16.0 Å². The van der Waals surface area contributed by atoms with Gasteiger partial charge in [0, 0.05) is 11.4 Å². The SMILES string of the molecule is NS(=O)(=O)c1ccc(CNC(=O)C(Sc2ccccc2)c2ccccc2)cc1. The largest absolute Gasteiger partial charge is 0.351 e. The lowest BCUT2D eigenvalue weighted by Crippen LogP contribution is -2.27. The Morgan fingerprint density at radius 2 is 1.46 bits per heavy atom. The van der Waals surface area contributed by atoms with Crippen LogP contribution >= 0.6 is 11.8 Å². The van der Waals surface area contributed by atoms with E-state index < -0.39 is 15.3 Å². The molecule has 1 unspecified atom stereocenters. The second-order valence-electron chi connectivity index (χ2n) is 6.13. The van der Waals surface area contributed by atoms with E-state index in [4.69, 9.17) is 5.14 Å². The van der Waals surface area contributed by atoms with Crippen molar-refractivity contribution < 1.29 is 13.2 Å². The van der Waals surface area contributed by atoms with Gasteiger partial charge in [-0.15, -0.1) is 11.8 Å². The number of amides is 1. The highest BCUT2D eigenvalue weighted by Gasteiger charge is 2.21. The van der Waals surface area contributed by atoms with Crippen molar-refractivity contribution in [2.24, 2.45) is 5.14 Å². The summed E-state index contributed by atoms with van der Waals surface area (Å²) in [4.78, 5) is 13.9. The summed E-state index contributed by atoms with van der Waals surface area (Å²) >= 11 is 1.48. The van der Waals surface area contributed by atoms with Crippen LogP contribution in [0.2, 0.25) is 0 Å². The molecule has 144 valence electrons. The van der Waals surface area contributed by atoms with Crippen LogP contribution in [0.15, 0.2) is 94.7 Å². The molecule has 0 saturated heterocycles. The van der Waals surface area contributed by atoms with E-state index in [1.54, 1.807) is 12.1 Å². The van der Waals surface area contributed by atoms with Gasteiger partial charge in [-0.05, 0) is 35.4 Å². The predicted octanol–water partition coefficient (Wildman–Crippen LogP) is 3.48. The number of hydrogen-bond acceptors (Lipinski definition) is 4. The molecule has 3 N–H and O–H groups in total. The molecule has 0 aliphatic carbocycles. The normalized spacial score (nSPS) is 12.3. The van der Waals surface area contributed by atoms with E-state index in [-0.39, 0.29) is 10.8 Å². The van der Waals surface area contributed by atoms with Gasteiger partial charge in [0.25, 0.3) is 0 Å². The fourth-order valence-electron chi connectivity index (χ4n) is 2.61. The first-order valence-electron chi connectivity index (χ1n) is 8.59. The van der Waals surface area contributed by atoms with E-state index in [2.05, 4.69) is 5.32 Å². The van der Waals surface area contributed by atoms with Crippen LogP contribution in [0.4, 0.5) is 0 Å². The highest BCUT2D eigenvalue weighted by atomic mass is 32.2. The van der Waals surface area contributed by atoms with Crippen LogP contribution in [-0.4, -0.2) is 14.3 Å². The second-order valence-corrected chi connectivity index (χ2v) is 8.87. The van der Waals surface area contributed by atoms with E-state index in [9.17, 15) is 13.2 Å². The van der Waals surface area contributed by atoms with Gasteiger partial charge in [-0.1, -0.05) is 60.7 Å². The zero-order chi connectivity index (χ0) is 20.0. The fourth-order valence-corrected chi connectivity index (χ4v) is 4.20. The monoisotopic (exact) mass is 412 g/mol. The third kappa shape index (κ3) is 5.45. The number of nitrogens with two attached hydrogens (primary N) is 1. The minimum Gasteiger partial charge on any atom is -0.351 e. The zero-order valence-corrected chi connectivity index (χ0v) is 16.6. The lowest BCUT2D eigenvalue weighted by Gasteiger charge is -2.17. The van der Waals surface area contributed by atoms with Gasteiger partial charge in [-0.3, -0.25) is 4.79 Å². The number of carbonyl (C=O) groups is 1. The van der Waals surface area contributed by atoms with E-state index >= 15 is 0 Å². The van der Waals surface area contributed by atoms with Crippen molar-refractivity contribution in [2.45, 2.75) is 21.6 Å². The van der Waals surface area contributed by atoms with E-state index in [0.29, 0.717) is 6.54 Å². The number of benzene rings is 3. The second kappa shape index (κ2) is 9.05. The molecule has 0 fully saturated rings. The first-order valence-corrected chi connectivity index (χ1v) is 11.0. The molecule has 7 heteroatoms. The van der Waals surface area contributed by atoms with Crippen molar-refractivity contribution in [2.75, 3.05) is 0 Å². The number of rotatable bonds is 7. The average molecular weight is 413 g/mol. The first kappa shape index (κ1) is 20.1. The predicted molar refractivity (Wildman–Crippen MR) is 111 cm³/mol. The van der Waals surface area contributed by atoms with Gasteiger partial charge in [-0.2, -0.15) is 0 Å². The number of primary sulfonamides is 1. The van der Waals surface area contributed by atoms with Crippen LogP contribution in [0.25, 0.3) is 0 Å². The molecule has 3 aromatic carbocycles. The maximum absolute atomic E-state index is 12.9. The number of hydrogen-bond donors (Lipinski definition) is 2. The Hall–Kier alpha value is -2.61. The van der Waals surface area contributed by atoms with Gasteiger partial charge < -0.3 is 5.32 Å². The topological polar surface area (TPSA) is 89.3 Å². The van der Waals surface area contributed by atoms with Crippen molar-refractivity contribution in [1.82, 2.24) is 5.32 Å². The highest BCUT2D eigenvalue weighted by molar-refractivity contribution is 8.00. The summed E-state index contributed by atoms with van der Waals surface area (Å²) in [7, 11) is -3.73. The van der Waals surface area contributed by atoms with Crippen LogP contribution in [0.3, 0.4) is 0 Å². The molecule has 0 aliphatic heterocycles. The average Bonchev–Trinajstić information content (AvgIpc) is 2.71. The molecule has 0 bridgehead atoms. The molecule has 0 radical (unpaired) electrons. The zero-order valence-electron chi connectivity index (χ0n) is 15.0. The van der Waals surface area contributed by atoms with E-state index in [1.165, 1.54) is 23.9 Å². The van der Waals surface area contributed by atoms with Crippen molar-refractivity contribution >= 4 is 27.7 Å². The molecule has 1 atom stereocenters. The molecular weight excluding hydrogens is 392 g/mol. The Kier molecular flexibility index (Phi) is 6.51. The smallest absolute Gasteiger partial charge is 0.238 e. The van der Waals surface area contributed by atoms with Gasteiger partial charge in [0.1, 0.15) is 5.25 Å². The summed E-state index contributed by atoms with van der Waals surface area (Å²) in [6.45, 7) is 0.294. The van der Waals surface area contributed by atoms with Crippen molar-refractivity contribution in [3.8, 4) is 0 Å². The maximum Gasteiger partial charge on any atom is 0.238 e. The number of nitrogens with one attached hydrogen (secondary N) is 1. The Bertz CT molecular complexity index is 1020. The molecular formula is C21H20N2O3S2. The van der Waals surface area contributed by atoms with Crippen LogP contribution in [0.5, 0.6) is 0 Å². The first-order chi connectivity index (χ1) is 13.4. The highest BCUT2D eigenvalue weighted by Crippen LogP contribution is 2.35.